The number of esters is 2. The predicted octanol–water partition coefficient (Wildman–Crippen LogP) is 5.67. The topological polar surface area (TPSA) is 225 Å². The Morgan fingerprint density at radius 1 is 0.746 bits per heavy atom. The Balaban J connectivity index is 0.000000182. The number of benzene rings is 2. The predicted molar refractivity (Wildman–Crippen MR) is 192 cm³/mol. The van der Waals surface area contributed by atoms with Crippen molar-refractivity contribution in [1.82, 2.24) is 30.7 Å². The molecule has 7 rings (SSSR count). The zero-order valence-electron chi connectivity index (χ0n) is 30.3. The first-order valence-corrected chi connectivity index (χ1v) is 17.4. The average Bonchev–Trinajstić information content (AvgIpc) is 4.00. The van der Waals surface area contributed by atoms with E-state index in [4.69, 9.17) is 10.9 Å². The number of hydrogen-bond donors (Lipinski definition) is 4. The number of nitrogens with two attached hydrogens (primary N) is 1. The van der Waals surface area contributed by atoms with E-state index in [1.165, 1.54) is 6.20 Å². The molecule has 2 aliphatic carbocycles. The molecule has 0 bridgehead atoms. The van der Waals surface area contributed by atoms with Gasteiger partial charge >= 0.3 is 31.2 Å². The number of amidine groups is 1. The molecule has 15 nitrogen and oxygen atoms in total. The first kappa shape index (κ1) is 42.9. The van der Waals surface area contributed by atoms with Crippen molar-refractivity contribution < 1.29 is 60.0 Å². The molecular formula is C38H32F6N8O7. The van der Waals surface area contributed by atoms with E-state index in [9.17, 15) is 45.5 Å². The maximum atomic E-state index is 12.6. The van der Waals surface area contributed by atoms with Crippen molar-refractivity contribution in [2.45, 2.75) is 57.0 Å². The first-order chi connectivity index (χ1) is 28.2. The molecule has 0 saturated carbocycles. The molecule has 59 heavy (non-hydrogen) atoms. The molecule has 21 heteroatoms. The lowest BCUT2D eigenvalue weighted by Crippen LogP contribution is -2.27. The van der Waals surface area contributed by atoms with Gasteiger partial charge in [-0.1, -0.05) is 46.7 Å². The number of nitrogens with zero attached hydrogens (tertiary/aromatic N) is 5. The van der Waals surface area contributed by atoms with Crippen LogP contribution in [0.2, 0.25) is 0 Å². The summed E-state index contributed by atoms with van der Waals surface area (Å²) < 4.78 is 77.4. The largest absolute Gasteiger partial charge is 0.409 e. The van der Waals surface area contributed by atoms with E-state index in [-0.39, 0.29) is 35.6 Å². The number of carbonyl (C=O) groups is 4. The van der Waals surface area contributed by atoms with Crippen molar-refractivity contribution in [3.8, 4) is 11.4 Å². The van der Waals surface area contributed by atoms with Crippen LogP contribution in [0.25, 0.3) is 11.4 Å². The lowest BCUT2D eigenvalue weighted by molar-refractivity contribution is -0.174. The lowest BCUT2D eigenvalue weighted by atomic mass is 10.1. The number of carbonyl (C=O) groups excluding carboxylic acids is 4. The minimum atomic E-state index is -3.57. The highest BCUT2D eigenvalue weighted by Gasteiger charge is 2.29. The molecule has 2 unspecified atom stereocenters. The van der Waals surface area contributed by atoms with E-state index in [1.54, 1.807) is 48.7 Å². The molecule has 0 fully saturated rings. The molecule has 2 aromatic carbocycles. The molecule has 308 valence electrons. The summed E-state index contributed by atoms with van der Waals surface area (Å²) in [7, 11) is 0. The van der Waals surface area contributed by atoms with E-state index >= 15 is 0 Å². The van der Waals surface area contributed by atoms with Crippen molar-refractivity contribution in [3.63, 3.8) is 0 Å². The van der Waals surface area contributed by atoms with Gasteiger partial charge in [0.1, 0.15) is 0 Å². The molecule has 2 amide bonds. The number of aryl methyl sites for hydroxylation is 2. The van der Waals surface area contributed by atoms with Crippen LogP contribution in [0.1, 0.15) is 86.0 Å². The molecule has 0 radical (unpaired) electrons. The van der Waals surface area contributed by atoms with Gasteiger partial charge in [-0.3, -0.25) is 19.6 Å². The maximum absolute atomic E-state index is 12.6. The van der Waals surface area contributed by atoms with Crippen LogP contribution in [0.4, 0.5) is 26.3 Å². The van der Waals surface area contributed by atoms with Crippen LogP contribution in [-0.2, 0) is 27.2 Å². The molecule has 3 heterocycles. The standard InChI is InChI=1S/C18H14F2N4O2.C16H16N4O2.C4H2F4O3/c19-15(20)18-23-16(24-26-18)12-8-11-6-7-13(14(11)21-9-12)22-17(25)10-4-2-1-3-5-10;17-15(20-22)12-8-11-6-7-13(14(11)18-9-12)19-16(21)10-4-2-1-3-5-10;5-1(6)3(9)11-4(10)2(7)8/h1-5,8-9,13,15H,6-7H2,(H,22,25);1-5,8-9,13,22H,6-7H2,(H2,17,20)(H,19,21);1-2H. The van der Waals surface area contributed by atoms with Gasteiger partial charge in [0.15, 0.2) is 5.84 Å². The molecule has 2 aliphatic rings. The second kappa shape index (κ2) is 19.8. The van der Waals surface area contributed by atoms with Crippen LogP contribution in [-0.4, -0.2) is 67.8 Å². The van der Waals surface area contributed by atoms with Gasteiger partial charge in [0.05, 0.1) is 23.5 Å². The molecule has 3 aromatic heterocycles. The highest BCUT2D eigenvalue weighted by Crippen LogP contribution is 2.33. The minimum Gasteiger partial charge on any atom is -0.409 e. The zero-order chi connectivity index (χ0) is 42.6. The number of rotatable bonds is 9. The Morgan fingerprint density at radius 3 is 1.69 bits per heavy atom. The van der Waals surface area contributed by atoms with E-state index in [1.807, 2.05) is 30.3 Å². The van der Waals surface area contributed by atoms with Crippen LogP contribution < -0.4 is 16.4 Å². The zero-order valence-corrected chi connectivity index (χ0v) is 30.3. The fraction of sp³-hybridized carbons (Fsp3) is 0.237. The SMILES string of the molecule is NC(=NO)c1cnc2c(c1)CCC2NC(=O)c1ccccc1.O=C(NC1CCc2cc(-c3noc(C(F)F)n3)cnc21)c1ccccc1.O=C(OC(=O)C(F)F)C(F)F. The highest BCUT2D eigenvalue weighted by molar-refractivity contribution is 5.97. The maximum Gasteiger partial charge on any atom is 0.381 e. The minimum absolute atomic E-state index is 0.0343. The van der Waals surface area contributed by atoms with Crippen LogP contribution in [0.3, 0.4) is 0 Å². The number of aromatic nitrogens is 4. The number of amides is 2. The molecule has 5 N–H and O–H groups in total. The Morgan fingerprint density at radius 2 is 1.24 bits per heavy atom. The molecule has 0 saturated heterocycles. The summed E-state index contributed by atoms with van der Waals surface area (Å²) in [6.07, 6.45) is -3.86. The van der Waals surface area contributed by atoms with E-state index < -0.39 is 37.1 Å². The third-order valence-electron chi connectivity index (χ3n) is 8.60. The fourth-order valence-corrected chi connectivity index (χ4v) is 5.84. The second-order valence-corrected chi connectivity index (χ2v) is 12.5. The van der Waals surface area contributed by atoms with Gasteiger partial charge < -0.3 is 30.8 Å². The van der Waals surface area contributed by atoms with Crippen LogP contribution >= 0.6 is 0 Å². The Labute approximate surface area is 329 Å². The third-order valence-corrected chi connectivity index (χ3v) is 8.60. The van der Waals surface area contributed by atoms with Crippen molar-refractivity contribution in [3.05, 3.63) is 130 Å². The lowest BCUT2D eigenvalue weighted by Gasteiger charge is -2.13. The molecule has 0 spiro atoms. The van der Waals surface area contributed by atoms with Gasteiger partial charge in [0, 0.05) is 34.6 Å². The van der Waals surface area contributed by atoms with Crippen molar-refractivity contribution in [2.75, 3.05) is 0 Å². The smallest absolute Gasteiger partial charge is 0.381 e. The van der Waals surface area contributed by atoms with Crippen LogP contribution in [0.15, 0.2) is 94.9 Å². The Bertz CT molecular complexity index is 2280. The number of nitrogens with one attached hydrogen (secondary N) is 2. The summed E-state index contributed by atoms with van der Waals surface area (Å²) in [6, 6.07) is 21.4. The van der Waals surface area contributed by atoms with Gasteiger partial charge in [-0.2, -0.15) is 31.3 Å². The number of pyridine rings is 2. The number of halogens is 6. The summed E-state index contributed by atoms with van der Waals surface area (Å²) in [5, 5.41) is 21.2. The van der Waals surface area contributed by atoms with E-state index in [0.717, 1.165) is 48.2 Å². The van der Waals surface area contributed by atoms with Crippen molar-refractivity contribution in [2.24, 2.45) is 10.9 Å². The Hall–Kier alpha value is -7.19. The van der Waals surface area contributed by atoms with Gasteiger partial charge in [0.2, 0.25) is 5.82 Å². The first-order valence-electron chi connectivity index (χ1n) is 17.4. The fourth-order valence-electron chi connectivity index (χ4n) is 5.84. The average molecular weight is 827 g/mol. The van der Waals surface area contributed by atoms with Crippen molar-refractivity contribution >= 4 is 29.6 Å². The number of ether oxygens (including phenoxy) is 1. The second-order valence-electron chi connectivity index (χ2n) is 12.5. The molecule has 5 aromatic rings. The normalized spacial score (nSPS) is 15.3. The summed E-state index contributed by atoms with van der Waals surface area (Å²) in [5.41, 5.74) is 11.4. The van der Waals surface area contributed by atoms with Crippen molar-refractivity contribution in [1.29, 1.82) is 0 Å². The van der Waals surface area contributed by atoms with E-state index in [2.05, 4.69) is 45.2 Å². The summed E-state index contributed by atoms with van der Waals surface area (Å²) >= 11 is 0. The van der Waals surface area contributed by atoms with Gasteiger partial charge in [-0.05, 0) is 73.2 Å². The van der Waals surface area contributed by atoms with Gasteiger partial charge in [-0.25, -0.2) is 9.59 Å². The Kier molecular flexibility index (Phi) is 14.4. The van der Waals surface area contributed by atoms with Gasteiger partial charge in [-0.15, -0.1) is 0 Å². The number of alkyl halides is 6. The quantitative estimate of drug-likeness (QED) is 0.0269. The molecule has 2 atom stereocenters. The van der Waals surface area contributed by atoms with Gasteiger partial charge in [0.25, 0.3) is 17.7 Å². The number of oxime groups is 1. The number of fused-ring (bicyclic) bond motifs is 2. The summed E-state index contributed by atoms with van der Waals surface area (Å²) in [4.78, 5) is 56.4. The van der Waals surface area contributed by atoms with E-state index in [0.29, 0.717) is 22.3 Å². The number of hydrogen-bond acceptors (Lipinski definition) is 12. The monoisotopic (exact) mass is 826 g/mol. The summed E-state index contributed by atoms with van der Waals surface area (Å²) in [5.74, 6) is -5.41. The van der Waals surface area contributed by atoms with Crippen LogP contribution in [0, 0.1) is 0 Å². The summed E-state index contributed by atoms with van der Waals surface area (Å²) in [6.45, 7) is 0. The molecule has 0 aliphatic heterocycles. The highest BCUT2D eigenvalue weighted by atomic mass is 19.3. The third kappa shape index (κ3) is 11.2. The molecular weight excluding hydrogens is 794 g/mol. The van der Waals surface area contributed by atoms with Crippen LogP contribution in [0.5, 0.6) is 0 Å².